The van der Waals surface area contributed by atoms with Crippen molar-refractivity contribution in [2.24, 2.45) is 0 Å². The molecule has 0 fully saturated rings. The second-order valence-electron chi connectivity index (χ2n) is 5.82. The van der Waals surface area contributed by atoms with Gasteiger partial charge in [0.25, 0.3) is 0 Å². The Morgan fingerprint density at radius 3 is 2.46 bits per heavy atom. The van der Waals surface area contributed by atoms with E-state index in [9.17, 15) is 9.18 Å². The first kappa shape index (κ1) is 18.1. The van der Waals surface area contributed by atoms with Gasteiger partial charge in [-0.2, -0.15) is 0 Å². The normalized spacial score (nSPS) is 17.1. The minimum atomic E-state index is -0.498. The third-order valence-corrected chi connectivity index (χ3v) is 4.50. The topological polar surface area (TPSA) is 41.6 Å². The van der Waals surface area contributed by atoms with Crippen LogP contribution < -0.4 is 10.2 Å². The molecule has 1 N–H and O–H groups in total. The van der Waals surface area contributed by atoms with Crippen LogP contribution >= 0.6 is 12.2 Å². The average Bonchev–Trinajstić information content (AvgIpc) is 2.63. The van der Waals surface area contributed by atoms with Crippen LogP contribution in [-0.4, -0.2) is 17.7 Å². The Kier molecular flexibility index (Phi) is 5.32. The molecule has 1 aliphatic heterocycles. The number of thiocarbonyl (C=S) groups is 1. The van der Waals surface area contributed by atoms with Gasteiger partial charge in [-0.25, -0.2) is 9.18 Å². The maximum Gasteiger partial charge on any atom is 0.338 e. The van der Waals surface area contributed by atoms with Crippen molar-refractivity contribution in [1.82, 2.24) is 5.32 Å². The molecule has 1 aliphatic rings. The lowest BCUT2D eigenvalue weighted by Crippen LogP contribution is -2.48. The number of rotatable bonds is 4. The molecule has 6 heteroatoms. The number of benzene rings is 2. The van der Waals surface area contributed by atoms with Crippen molar-refractivity contribution in [1.29, 1.82) is 0 Å². The highest BCUT2D eigenvalue weighted by atomic mass is 32.1. The molecule has 0 saturated heterocycles. The third-order valence-electron chi connectivity index (χ3n) is 4.20. The minimum absolute atomic E-state index is 0.265. The van der Waals surface area contributed by atoms with Crippen molar-refractivity contribution in [2.75, 3.05) is 11.5 Å². The number of hydrogen-bond acceptors (Lipinski definition) is 3. The summed E-state index contributed by atoms with van der Waals surface area (Å²) in [7, 11) is 0. The molecule has 3 rings (SSSR count). The summed E-state index contributed by atoms with van der Waals surface area (Å²) in [5, 5.41) is 3.67. The van der Waals surface area contributed by atoms with Crippen molar-refractivity contribution in [3.8, 4) is 0 Å². The molecule has 0 aromatic heterocycles. The number of nitrogens with one attached hydrogen (secondary N) is 1. The number of carbonyl (C=O) groups excluding carboxylic acids is 1. The van der Waals surface area contributed by atoms with E-state index < -0.39 is 12.0 Å². The molecular formula is C20H19FN2O2S. The maximum atomic E-state index is 13.3. The number of halogens is 1. The van der Waals surface area contributed by atoms with Gasteiger partial charge in [0.05, 0.1) is 18.2 Å². The summed E-state index contributed by atoms with van der Waals surface area (Å²) in [6, 6.07) is 15.1. The van der Waals surface area contributed by atoms with Gasteiger partial charge in [-0.3, -0.25) is 4.90 Å². The molecule has 4 nitrogen and oxygen atoms in total. The molecular weight excluding hydrogens is 351 g/mol. The Balaban J connectivity index is 2.11. The fourth-order valence-electron chi connectivity index (χ4n) is 3.01. The number of anilines is 1. The van der Waals surface area contributed by atoms with Gasteiger partial charge < -0.3 is 10.1 Å². The van der Waals surface area contributed by atoms with Gasteiger partial charge in [-0.05, 0) is 55.9 Å². The predicted molar refractivity (Wildman–Crippen MR) is 103 cm³/mol. The summed E-state index contributed by atoms with van der Waals surface area (Å²) < 4.78 is 18.6. The summed E-state index contributed by atoms with van der Waals surface area (Å²) >= 11 is 5.55. The Morgan fingerprint density at radius 1 is 1.19 bits per heavy atom. The Labute approximate surface area is 157 Å². The molecule has 0 spiro atoms. The Morgan fingerprint density at radius 2 is 1.85 bits per heavy atom. The fourth-order valence-corrected chi connectivity index (χ4v) is 3.37. The smallest absolute Gasteiger partial charge is 0.338 e. The number of para-hydroxylation sites is 1. The van der Waals surface area contributed by atoms with Crippen LogP contribution in [0.25, 0.3) is 0 Å². The van der Waals surface area contributed by atoms with Gasteiger partial charge in [0.15, 0.2) is 5.11 Å². The first-order valence-corrected chi connectivity index (χ1v) is 8.72. The number of nitrogens with zero attached hydrogens (tertiary/aromatic N) is 1. The van der Waals surface area contributed by atoms with Crippen LogP contribution in [-0.2, 0) is 9.53 Å². The monoisotopic (exact) mass is 370 g/mol. The molecule has 1 heterocycles. The van der Waals surface area contributed by atoms with E-state index in [0.717, 1.165) is 11.3 Å². The van der Waals surface area contributed by atoms with Crippen molar-refractivity contribution in [3.63, 3.8) is 0 Å². The van der Waals surface area contributed by atoms with Crippen LogP contribution in [0.15, 0.2) is 65.9 Å². The van der Waals surface area contributed by atoms with E-state index in [1.807, 2.05) is 42.2 Å². The second-order valence-corrected chi connectivity index (χ2v) is 6.21. The molecule has 26 heavy (non-hydrogen) atoms. The number of ether oxygens (including phenoxy) is 1. The highest BCUT2D eigenvalue weighted by Gasteiger charge is 2.35. The summed E-state index contributed by atoms with van der Waals surface area (Å²) in [4.78, 5) is 14.5. The molecule has 1 unspecified atom stereocenters. The molecule has 134 valence electrons. The number of allylic oxidation sites excluding steroid dienone is 1. The van der Waals surface area contributed by atoms with Gasteiger partial charge in [0, 0.05) is 11.4 Å². The summed E-state index contributed by atoms with van der Waals surface area (Å²) in [5.41, 5.74) is 2.73. The van der Waals surface area contributed by atoms with E-state index in [1.54, 1.807) is 19.1 Å². The number of hydrogen-bond donors (Lipinski definition) is 1. The lowest BCUT2D eigenvalue weighted by Gasteiger charge is -2.37. The van der Waals surface area contributed by atoms with E-state index in [-0.39, 0.29) is 12.4 Å². The zero-order valence-electron chi connectivity index (χ0n) is 14.5. The van der Waals surface area contributed by atoms with E-state index in [2.05, 4.69) is 5.32 Å². The zero-order valence-corrected chi connectivity index (χ0v) is 15.3. The standard InChI is InChI=1S/C20H19FN2O2S/c1-3-25-19(24)17-13(2)23(16-7-5-4-6-8-16)20(26)22-18(17)14-9-11-15(21)12-10-14/h4-12,18H,3H2,1-2H3,(H,22,26). The molecule has 0 radical (unpaired) electrons. The quantitative estimate of drug-likeness (QED) is 0.648. The number of esters is 1. The molecule has 0 saturated carbocycles. The van der Waals surface area contributed by atoms with E-state index in [0.29, 0.717) is 16.4 Å². The molecule has 1 atom stereocenters. The largest absolute Gasteiger partial charge is 0.463 e. The zero-order chi connectivity index (χ0) is 18.7. The van der Waals surface area contributed by atoms with Gasteiger partial charge in [0.2, 0.25) is 0 Å². The first-order valence-electron chi connectivity index (χ1n) is 8.32. The van der Waals surface area contributed by atoms with Crippen molar-refractivity contribution < 1.29 is 13.9 Å². The van der Waals surface area contributed by atoms with Crippen LogP contribution in [0.2, 0.25) is 0 Å². The second kappa shape index (κ2) is 7.66. The molecule has 0 bridgehead atoms. The number of carbonyl (C=O) groups is 1. The van der Waals surface area contributed by atoms with Crippen molar-refractivity contribution >= 4 is 29.0 Å². The summed E-state index contributed by atoms with van der Waals surface area (Å²) in [6.07, 6.45) is 0. The lowest BCUT2D eigenvalue weighted by molar-refractivity contribution is -0.139. The van der Waals surface area contributed by atoms with Crippen LogP contribution in [0.4, 0.5) is 10.1 Å². The molecule has 0 amide bonds. The third kappa shape index (κ3) is 3.46. The van der Waals surface area contributed by atoms with Gasteiger partial charge >= 0.3 is 5.97 Å². The summed E-state index contributed by atoms with van der Waals surface area (Å²) in [5.74, 6) is -0.758. The SMILES string of the molecule is CCOC(=O)C1=C(C)N(c2ccccc2)C(=S)NC1c1ccc(F)cc1. The van der Waals surface area contributed by atoms with Gasteiger partial charge in [0.1, 0.15) is 5.82 Å². The average molecular weight is 370 g/mol. The van der Waals surface area contributed by atoms with E-state index in [4.69, 9.17) is 17.0 Å². The predicted octanol–water partition coefficient (Wildman–Crippen LogP) is 4.10. The minimum Gasteiger partial charge on any atom is -0.463 e. The Bertz CT molecular complexity index is 850. The van der Waals surface area contributed by atoms with Crippen molar-refractivity contribution in [2.45, 2.75) is 19.9 Å². The molecule has 2 aromatic carbocycles. The first-order chi connectivity index (χ1) is 12.5. The fraction of sp³-hybridized carbons (Fsp3) is 0.200. The van der Waals surface area contributed by atoms with Crippen LogP contribution in [0.3, 0.4) is 0 Å². The summed E-state index contributed by atoms with van der Waals surface area (Å²) in [6.45, 7) is 3.86. The van der Waals surface area contributed by atoms with Crippen LogP contribution in [0.5, 0.6) is 0 Å². The van der Waals surface area contributed by atoms with Gasteiger partial charge in [-0.15, -0.1) is 0 Å². The molecule has 0 aliphatic carbocycles. The lowest BCUT2D eigenvalue weighted by atomic mass is 9.94. The molecule has 2 aromatic rings. The van der Waals surface area contributed by atoms with E-state index >= 15 is 0 Å². The van der Waals surface area contributed by atoms with E-state index in [1.165, 1.54) is 12.1 Å². The van der Waals surface area contributed by atoms with Crippen LogP contribution in [0.1, 0.15) is 25.5 Å². The van der Waals surface area contributed by atoms with Gasteiger partial charge in [-0.1, -0.05) is 30.3 Å². The highest BCUT2D eigenvalue weighted by molar-refractivity contribution is 7.80. The highest BCUT2D eigenvalue weighted by Crippen LogP contribution is 2.34. The maximum absolute atomic E-state index is 13.3. The van der Waals surface area contributed by atoms with Crippen molar-refractivity contribution in [3.05, 3.63) is 77.2 Å². The van der Waals surface area contributed by atoms with Crippen LogP contribution in [0, 0.1) is 5.82 Å². The Hall–Kier alpha value is -2.73.